The Morgan fingerprint density at radius 3 is 1.88 bits per heavy atom. The van der Waals surface area contributed by atoms with Crippen molar-refractivity contribution in [3.05, 3.63) is 97.7 Å². The number of fused-ring (bicyclic) bond motifs is 1. The number of hydrogen-bond acceptors (Lipinski definition) is 3. The number of para-hydroxylation sites is 2. The number of rotatable bonds is 2. The van der Waals surface area contributed by atoms with Crippen molar-refractivity contribution in [2.75, 3.05) is 0 Å². The molecule has 0 radical (unpaired) electrons. The van der Waals surface area contributed by atoms with Gasteiger partial charge in [-0.3, -0.25) is 4.79 Å². The number of halogens is 2. The van der Waals surface area contributed by atoms with E-state index in [1.807, 2.05) is 6.07 Å². The molecule has 26 heavy (non-hydrogen) atoms. The van der Waals surface area contributed by atoms with Crippen molar-refractivity contribution in [1.82, 2.24) is 14.1 Å². The van der Waals surface area contributed by atoms with E-state index in [4.69, 9.17) is 23.2 Å². The van der Waals surface area contributed by atoms with Crippen molar-refractivity contribution in [2.24, 2.45) is 0 Å². The molecule has 0 fully saturated rings. The summed E-state index contributed by atoms with van der Waals surface area (Å²) in [5, 5.41) is 0.367. The normalized spacial score (nSPS) is 11.0. The minimum absolute atomic E-state index is 0.100. The first-order valence-corrected chi connectivity index (χ1v) is 8.48. The average Bonchev–Trinajstić information content (AvgIpc) is 2.63. The van der Waals surface area contributed by atoms with E-state index < -0.39 is 11.2 Å². The molecule has 2 aromatic carbocycles. The van der Waals surface area contributed by atoms with Gasteiger partial charge in [-0.1, -0.05) is 59.6 Å². The SMILES string of the molecule is O=c1c2c(Cl)cc(Cl)nc2n(-c2ccccc2)c(=O)n1-c1ccccc1. The fourth-order valence-corrected chi connectivity index (χ4v) is 3.35. The lowest BCUT2D eigenvalue weighted by Crippen LogP contribution is -2.38. The highest BCUT2D eigenvalue weighted by Crippen LogP contribution is 2.23. The summed E-state index contributed by atoms with van der Waals surface area (Å²) in [6.45, 7) is 0. The molecule has 0 aliphatic heterocycles. The van der Waals surface area contributed by atoms with Gasteiger partial charge in [0.25, 0.3) is 5.56 Å². The van der Waals surface area contributed by atoms with E-state index in [1.165, 1.54) is 10.6 Å². The van der Waals surface area contributed by atoms with Crippen molar-refractivity contribution in [3.63, 3.8) is 0 Å². The van der Waals surface area contributed by atoms with Gasteiger partial charge in [-0.25, -0.2) is 18.9 Å². The standard InChI is InChI=1S/C19H11Cl2N3O2/c20-14-11-15(21)22-17-16(14)18(25)24(13-9-5-2-6-10-13)19(26)23(17)12-7-3-1-4-8-12/h1-11H. The van der Waals surface area contributed by atoms with Gasteiger partial charge in [0.2, 0.25) is 0 Å². The number of hydrogen-bond donors (Lipinski definition) is 0. The van der Waals surface area contributed by atoms with E-state index in [0.29, 0.717) is 11.4 Å². The molecule has 0 atom stereocenters. The van der Waals surface area contributed by atoms with E-state index in [9.17, 15) is 9.59 Å². The molecule has 0 N–H and O–H groups in total. The van der Waals surface area contributed by atoms with Gasteiger partial charge in [0.15, 0.2) is 5.65 Å². The Hall–Kier alpha value is -2.89. The molecular weight excluding hydrogens is 373 g/mol. The molecule has 0 aliphatic carbocycles. The molecular formula is C19H11Cl2N3O2. The highest BCUT2D eigenvalue weighted by atomic mass is 35.5. The molecule has 0 spiro atoms. The van der Waals surface area contributed by atoms with Crippen LogP contribution in [0.3, 0.4) is 0 Å². The first-order chi connectivity index (χ1) is 12.6. The summed E-state index contributed by atoms with van der Waals surface area (Å²) in [6, 6.07) is 19.0. The molecule has 128 valence electrons. The highest BCUT2D eigenvalue weighted by molar-refractivity contribution is 6.37. The second-order valence-electron chi connectivity index (χ2n) is 5.56. The zero-order valence-corrected chi connectivity index (χ0v) is 14.8. The third-order valence-corrected chi connectivity index (χ3v) is 4.45. The second-order valence-corrected chi connectivity index (χ2v) is 6.35. The monoisotopic (exact) mass is 383 g/mol. The summed E-state index contributed by atoms with van der Waals surface area (Å²) in [6.07, 6.45) is 0. The van der Waals surface area contributed by atoms with Crippen LogP contribution in [-0.4, -0.2) is 14.1 Å². The van der Waals surface area contributed by atoms with Crippen LogP contribution in [0.1, 0.15) is 0 Å². The predicted molar refractivity (Wildman–Crippen MR) is 103 cm³/mol. The summed E-state index contributed by atoms with van der Waals surface area (Å²) < 4.78 is 2.41. The Kier molecular flexibility index (Phi) is 4.11. The van der Waals surface area contributed by atoms with Gasteiger partial charge in [-0.15, -0.1) is 0 Å². The van der Waals surface area contributed by atoms with Crippen LogP contribution in [0.15, 0.2) is 76.3 Å². The quantitative estimate of drug-likeness (QED) is 0.494. The van der Waals surface area contributed by atoms with E-state index in [2.05, 4.69) is 4.98 Å². The van der Waals surface area contributed by atoms with E-state index >= 15 is 0 Å². The summed E-state index contributed by atoms with van der Waals surface area (Å²) >= 11 is 12.3. The predicted octanol–water partition coefficient (Wildman–Crippen LogP) is 3.84. The summed E-state index contributed by atoms with van der Waals surface area (Å²) in [5.41, 5.74) is 0.0253. The van der Waals surface area contributed by atoms with Crippen molar-refractivity contribution in [2.45, 2.75) is 0 Å². The number of aromatic nitrogens is 3. The highest BCUT2D eigenvalue weighted by Gasteiger charge is 2.19. The second kappa shape index (κ2) is 6.44. The number of pyridine rings is 1. The molecule has 2 heterocycles. The van der Waals surface area contributed by atoms with Gasteiger partial charge in [0.05, 0.1) is 16.4 Å². The molecule has 4 rings (SSSR count). The maximum absolute atomic E-state index is 13.2. The van der Waals surface area contributed by atoms with Crippen LogP contribution in [0, 0.1) is 0 Å². The third kappa shape index (κ3) is 2.62. The van der Waals surface area contributed by atoms with Crippen molar-refractivity contribution in [3.8, 4) is 11.4 Å². The minimum Gasteiger partial charge on any atom is -0.268 e. The van der Waals surface area contributed by atoms with Crippen molar-refractivity contribution in [1.29, 1.82) is 0 Å². The van der Waals surface area contributed by atoms with Crippen LogP contribution in [0.5, 0.6) is 0 Å². The van der Waals surface area contributed by atoms with E-state index in [1.54, 1.807) is 54.6 Å². The van der Waals surface area contributed by atoms with Crippen LogP contribution < -0.4 is 11.2 Å². The van der Waals surface area contributed by atoms with Crippen LogP contribution in [0.25, 0.3) is 22.4 Å². The van der Waals surface area contributed by atoms with Crippen LogP contribution >= 0.6 is 23.2 Å². The fourth-order valence-electron chi connectivity index (χ4n) is 2.84. The molecule has 0 bridgehead atoms. The van der Waals surface area contributed by atoms with Gasteiger partial charge < -0.3 is 0 Å². The van der Waals surface area contributed by atoms with Crippen molar-refractivity contribution >= 4 is 34.2 Å². The summed E-state index contributed by atoms with van der Waals surface area (Å²) in [5.74, 6) is 0. The molecule has 0 amide bonds. The summed E-state index contributed by atoms with van der Waals surface area (Å²) in [7, 11) is 0. The van der Waals surface area contributed by atoms with E-state index in [0.717, 1.165) is 4.57 Å². The zero-order valence-electron chi connectivity index (χ0n) is 13.3. The molecule has 2 aromatic heterocycles. The lowest BCUT2D eigenvalue weighted by molar-refractivity contribution is 0.826. The minimum atomic E-state index is -0.550. The zero-order chi connectivity index (χ0) is 18.3. The molecule has 0 saturated heterocycles. The fraction of sp³-hybridized carbons (Fsp3) is 0. The van der Waals surface area contributed by atoms with Gasteiger partial charge in [-0.2, -0.15) is 0 Å². The maximum Gasteiger partial charge on any atom is 0.341 e. The first-order valence-electron chi connectivity index (χ1n) is 7.72. The third-order valence-electron chi connectivity index (χ3n) is 3.96. The van der Waals surface area contributed by atoms with E-state index in [-0.39, 0.29) is 21.2 Å². The van der Waals surface area contributed by atoms with Gasteiger partial charge in [0.1, 0.15) is 10.5 Å². The van der Waals surface area contributed by atoms with Crippen LogP contribution in [0.2, 0.25) is 10.2 Å². The molecule has 5 nitrogen and oxygen atoms in total. The Bertz CT molecular complexity index is 1230. The first kappa shape index (κ1) is 16.6. The molecule has 0 saturated carbocycles. The van der Waals surface area contributed by atoms with Crippen LogP contribution in [0.4, 0.5) is 0 Å². The Balaban J connectivity index is 2.26. The lowest BCUT2D eigenvalue weighted by atomic mass is 10.2. The van der Waals surface area contributed by atoms with Gasteiger partial charge >= 0.3 is 5.69 Å². The number of benzene rings is 2. The molecule has 0 aliphatic rings. The van der Waals surface area contributed by atoms with Crippen molar-refractivity contribution < 1.29 is 0 Å². The Morgan fingerprint density at radius 2 is 1.31 bits per heavy atom. The Labute approximate surface area is 157 Å². The van der Waals surface area contributed by atoms with Gasteiger partial charge in [-0.05, 0) is 30.3 Å². The van der Waals surface area contributed by atoms with Gasteiger partial charge in [0, 0.05) is 0 Å². The topological polar surface area (TPSA) is 56.9 Å². The largest absolute Gasteiger partial charge is 0.341 e. The maximum atomic E-state index is 13.2. The average molecular weight is 384 g/mol. The molecule has 0 unspecified atom stereocenters. The summed E-state index contributed by atoms with van der Waals surface area (Å²) in [4.78, 5) is 30.5. The molecule has 4 aromatic rings. The lowest BCUT2D eigenvalue weighted by Gasteiger charge is -2.14. The Morgan fingerprint density at radius 1 is 0.769 bits per heavy atom. The van der Waals surface area contributed by atoms with Crippen LogP contribution in [-0.2, 0) is 0 Å². The number of nitrogens with zero attached hydrogens (tertiary/aromatic N) is 3. The molecule has 7 heteroatoms. The smallest absolute Gasteiger partial charge is 0.268 e.